The number of allylic oxidation sites excluding steroid dienone is 4. The van der Waals surface area contributed by atoms with Crippen LogP contribution in [0.1, 0.15) is 94.6 Å². The first-order valence-electron chi connectivity index (χ1n) is 12.7. The van der Waals surface area contributed by atoms with Crippen LogP contribution in [0.25, 0.3) is 0 Å². The molecular weight excluding hydrogens is 392 g/mol. The summed E-state index contributed by atoms with van der Waals surface area (Å²) >= 11 is 0. The third-order valence-electron chi connectivity index (χ3n) is 9.58. The first-order valence-corrected chi connectivity index (χ1v) is 12.7. The van der Waals surface area contributed by atoms with Crippen LogP contribution in [0.3, 0.4) is 0 Å². The van der Waals surface area contributed by atoms with Crippen molar-refractivity contribution in [3.63, 3.8) is 0 Å². The van der Waals surface area contributed by atoms with Gasteiger partial charge in [0, 0.05) is 17.8 Å². The zero-order chi connectivity index (χ0) is 22.1. The van der Waals surface area contributed by atoms with Crippen molar-refractivity contribution in [3.05, 3.63) is 58.2 Å². The lowest BCUT2D eigenvalue weighted by Gasteiger charge is -2.53. The molecule has 3 fully saturated rings. The SMILES string of the molecule is CC#C[C@]1(O)CC[C@H]2[C@@H]3CCC4=CC(=O)CCC4=C3[C@@H](c3cccc(C4CC4)c3)C[C@@]21C. The second-order valence-electron chi connectivity index (χ2n) is 11.2. The van der Waals surface area contributed by atoms with E-state index in [1.807, 2.05) is 13.0 Å². The van der Waals surface area contributed by atoms with E-state index in [0.29, 0.717) is 30.0 Å². The largest absolute Gasteiger partial charge is 0.377 e. The fourth-order valence-corrected chi connectivity index (χ4v) is 7.82. The molecule has 1 N–H and O–H groups in total. The molecule has 0 radical (unpaired) electrons. The van der Waals surface area contributed by atoms with Crippen molar-refractivity contribution in [2.24, 2.45) is 17.3 Å². The van der Waals surface area contributed by atoms with Gasteiger partial charge in [-0.3, -0.25) is 4.79 Å². The molecule has 0 bridgehead atoms. The van der Waals surface area contributed by atoms with Crippen LogP contribution in [0.4, 0.5) is 0 Å². The molecule has 0 aliphatic heterocycles. The molecule has 0 heterocycles. The Balaban J connectivity index is 1.53. The number of rotatable bonds is 2. The molecule has 2 nitrogen and oxygen atoms in total. The lowest BCUT2D eigenvalue weighted by atomic mass is 9.51. The Morgan fingerprint density at radius 3 is 2.66 bits per heavy atom. The minimum atomic E-state index is -0.895. The van der Waals surface area contributed by atoms with Crippen molar-refractivity contribution >= 4 is 5.78 Å². The molecule has 3 saturated carbocycles. The fraction of sp³-hybridized carbons (Fsp3) is 0.567. The summed E-state index contributed by atoms with van der Waals surface area (Å²) in [6.07, 6.45) is 11.0. The third-order valence-corrected chi connectivity index (χ3v) is 9.58. The third kappa shape index (κ3) is 2.94. The van der Waals surface area contributed by atoms with Gasteiger partial charge in [0.25, 0.3) is 0 Å². The maximum atomic E-state index is 12.2. The molecule has 5 aliphatic rings. The summed E-state index contributed by atoms with van der Waals surface area (Å²) in [7, 11) is 0. The highest BCUT2D eigenvalue weighted by atomic mass is 16.3. The van der Waals surface area contributed by atoms with E-state index in [1.54, 1.807) is 5.57 Å². The van der Waals surface area contributed by atoms with Crippen molar-refractivity contribution in [2.75, 3.05) is 0 Å². The molecule has 0 saturated heterocycles. The minimum Gasteiger partial charge on any atom is -0.377 e. The van der Waals surface area contributed by atoms with Gasteiger partial charge in [-0.15, -0.1) is 5.92 Å². The molecular formula is C30H34O2. The Kier molecular flexibility index (Phi) is 4.61. The van der Waals surface area contributed by atoms with E-state index in [9.17, 15) is 9.90 Å². The lowest BCUT2D eigenvalue weighted by molar-refractivity contribution is -0.114. The van der Waals surface area contributed by atoms with Crippen LogP contribution in [-0.4, -0.2) is 16.5 Å². The minimum absolute atomic E-state index is 0.198. The van der Waals surface area contributed by atoms with Crippen molar-refractivity contribution in [1.29, 1.82) is 0 Å². The van der Waals surface area contributed by atoms with Gasteiger partial charge in [0.1, 0.15) is 5.60 Å². The molecule has 0 amide bonds. The Morgan fingerprint density at radius 1 is 1.06 bits per heavy atom. The van der Waals surface area contributed by atoms with Gasteiger partial charge in [0.05, 0.1) is 0 Å². The average molecular weight is 427 g/mol. The topological polar surface area (TPSA) is 37.3 Å². The van der Waals surface area contributed by atoms with Crippen LogP contribution in [0, 0.1) is 29.1 Å². The molecule has 0 aromatic heterocycles. The highest BCUT2D eigenvalue weighted by Gasteiger charge is 2.62. The Hall–Kier alpha value is -2.11. The van der Waals surface area contributed by atoms with Gasteiger partial charge in [-0.2, -0.15) is 0 Å². The maximum absolute atomic E-state index is 12.2. The summed E-state index contributed by atoms with van der Waals surface area (Å²) in [5, 5.41) is 11.8. The van der Waals surface area contributed by atoms with Gasteiger partial charge in [0.15, 0.2) is 5.78 Å². The van der Waals surface area contributed by atoms with Crippen LogP contribution in [0.2, 0.25) is 0 Å². The summed E-state index contributed by atoms with van der Waals surface area (Å²) in [6.45, 7) is 4.18. The van der Waals surface area contributed by atoms with Gasteiger partial charge in [-0.05, 0) is 104 Å². The summed E-state index contributed by atoms with van der Waals surface area (Å²) < 4.78 is 0. The number of benzene rings is 1. The Morgan fingerprint density at radius 2 is 1.88 bits per heavy atom. The Labute approximate surface area is 192 Å². The molecule has 5 aliphatic carbocycles. The molecule has 5 atom stereocenters. The number of hydrogen-bond donors (Lipinski definition) is 1. The normalized spacial score (nSPS) is 38.3. The number of ketones is 1. The number of aliphatic hydroxyl groups is 1. The van der Waals surface area contributed by atoms with E-state index < -0.39 is 5.60 Å². The monoisotopic (exact) mass is 426 g/mol. The van der Waals surface area contributed by atoms with Crippen LogP contribution in [-0.2, 0) is 4.79 Å². The van der Waals surface area contributed by atoms with Gasteiger partial charge < -0.3 is 5.11 Å². The highest BCUT2D eigenvalue weighted by Crippen LogP contribution is 2.66. The van der Waals surface area contributed by atoms with Gasteiger partial charge in [-0.1, -0.05) is 42.7 Å². The van der Waals surface area contributed by atoms with E-state index in [1.165, 1.54) is 35.1 Å². The number of hydrogen-bond acceptors (Lipinski definition) is 2. The van der Waals surface area contributed by atoms with E-state index >= 15 is 0 Å². The predicted octanol–water partition coefficient (Wildman–Crippen LogP) is 6.22. The van der Waals surface area contributed by atoms with E-state index in [0.717, 1.165) is 44.4 Å². The number of carbonyl (C=O) groups is 1. The van der Waals surface area contributed by atoms with Crippen LogP contribution in [0.15, 0.2) is 47.1 Å². The second kappa shape index (κ2) is 7.19. The van der Waals surface area contributed by atoms with Crippen molar-refractivity contribution in [3.8, 4) is 11.8 Å². The second-order valence-corrected chi connectivity index (χ2v) is 11.2. The first kappa shape index (κ1) is 20.5. The summed E-state index contributed by atoms with van der Waals surface area (Å²) in [6, 6.07) is 9.32. The molecule has 1 aromatic carbocycles. The van der Waals surface area contributed by atoms with Crippen LogP contribution in [0.5, 0.6) is 0 Å². The smallest absolute Gasteiger partial charge is 0.156 e. The van der Waals surface area contributed by atoms with Crippen molar-refractivity contribution in [2.45, 2.75) is 89.1 Å². The van der Waals surface area contributed by atoms with E-state index in [2.05, 4.69) is 43.0 Å². The first-order chi connectivity index (χ1) is 15.4. The van der Waals surface area contributed by atoms with E-state index in [-0.39, 0.29) is 5.41 Å². The molecule has 2 heteroatoms. The van der Waals surface area contributed by atoms with Crippen LogP contribution >= 0.6 is 0 Å². The number of fused-ring (bicyclic) bond motifs is 4. The Bertz CT molecular complexity index is 1110. The zero-order valence-corrected chi connectivity index (χ0v) is 19.4. The lowest BCUT2D eigenvalue weighted by Crippen LogP contribution is -2.51. The summed E-state index contributed by atoms with van der Waals surface area (Å²) in [5.74, 6) is 8.63. The molecule has 32 heavy (non-hydrogen) atoms. The van der Waals surface area contributed by atoms with Crippen LogP contribution < -0.4 is 0 Å². The van der Waals surface area contributed by atoms with Gasteiger partial charge in [-0.25, -0.2) is 0 Å². The predicted molar refractivity (Wildman–Crippen MR) is 127 cm³/mol. The number of carbonyl (C=O) groups excluding carboxylic acids is 1. The average Bonchev–Trinajstić information content (AvgIpc) is 3.59. The molecule has 0 spiro atoms. The van der Waals surface area contributed by atoms with Gasteiger partial charge in [0.2, 0.25) is 0 Å². The zero-order valence-electron chi connectivity index (χ0n) is 19.4. The highest BCUT2D eigenvalue weighted by molar-refractivity contribution is 5.93. The standard InChI is InChI=1S/C30H34O2/c1-3-14-30(32)15-13-27-25-11-9-22-17-23(31)10-12-24(22)28(25)26(18-29(27,30)2)21-6-4-5-20(16-21)19-7-8-19/h4-6,16-17,19,25-27,32H,7-13,15,18H2,1-2H3/t25-,26+,27-,29-,30-/m0/s1. The summed E-state index contributed by atoms with van der Waals surface area (Å²) in [5.41, 5.74) is 6.21. The van der Waals surface area contributed by atoms with Crippen molar-refractivity contribution in [1.82, 2.24) is 0 Å². The molecule has 1 aromatic rings. The maximum Gasteiger partial charge on any atom is 0.156 e. The molecule has 0 unspecified atom stereocenters. The fourth-order valence-electron chi connectivity index (χ4n) is 7.82. The molecule has 6 rings (SSSR count). The van der Waals surface area contributed by atoms with E-state index in [4.69, 9.17) is 0 Å². The van der Waals surface area contributed by atoms with Gasteiger partial charge >= 0.3 is 0 Å². The molecule has 166 valence electrons. The quantitative estimate of drug-likeness (QED) is 0.570. The van der Waals surface area contributed by atoms with Crippen molar-refractivity contribution < 1.29 is 9.90 Å². The summed E-state index contributed by atoms with van der Waals surface area (Å²) in [4.78, 5) is 12.2.